The summed E-state index contributed by atoms with van der Waals surface area (Å²) in [6.07, 6.45) is 18.4. The smallest absolute Gasteiger partial charge is 0.00271 e. The van der Waals surface area contributed by atoms with Crippen molar-refractivity contribution in [2.24, 2.45) is 34.0 Å². The van der Waals surface area contributed by atoms with E-state index >= 15 is 0 Å². The van der Waals surface area contributed by atoms with Crippen LogP contribution in [0.4, 0.5) is 0 Å². The van der Waals surface area contributed by atoms with Crippen molar-refractivity contribution in [2.75, 3.05) is 39.3 Å². The van der Waals surface area contributed by atoms with Crippen LogP contribution >= 0.6 is 0 Å². The molecule has 0 N–H and O–H groups in total. The lowest BCUT2D eigenvalue weighted by Crippen LogP contribution is -2.53. The van der Waals surface area contributed by atoms with Gasteiger partial charge in [0.15, 0.2) is 0 Å². The Morgan fingerprint density at radius 1 is 0.583 bits per heavy atom. The van der Waals surface area contributed by atoms with Crippen LogP contribution in [0.2, 0.25) is 0 Å². The summed E-state index contributed by atoms with van der Waals surface area (Å²) >= 11 is 0. The molecule has 2 heterocycles. The molecule has 0 radical (unpaired) electrons. The number of hydrogen-bond acceptors (Lipinski definition) is 2. The molecule has 2 aliphatic rings. The van der Waals surface area contributed by atoms with Gasteiger partial charge >= 0.3 is 0 Å². The van der Waals surface area contributed by atoms with Gasteiger partial charge in [-0.25, -0.2) is 0 Å². The van der Waals surface area contributed by atoms with Gasteiger partial charge in [-0.15, -0.1) is 0 Å². The molecule has 0 bridgehead atoms. The molecule has 0 saturated carbocycles. The average Bonchev–Trinajstić information content (AvgIpc) is 2.69. The quantitative estimate of drug-likeness (QED) is 0.161. The monoisotopic (exact) mass is 505 g/mol. The Morgan fingerprint density at radius 2 is 1.08 bits per heavy atom. The summed E-state index contributed by atoms with van der Waals surface area (Å²) in [5, 5.41) is 0. The van der Waals surface area contributed by atoms with Crippen molar-refractivity contribution in [3.8, 4) is 0 Å². The van der Waals surface area contributed by atoms with Gasteiger partial charge in [0.1, 0.15) is 0 Å². The van der Waals surface area contributed by atoms with Crippen molar-refractivity contribution in [3.05, 3.63) is 0 Å². The van der Waals surface area contributed by atoms with Crippen LogP contribution in [0.1, 0.15) is 146 Å². The highest BCUT2D eigenvalue weighted by Crippen LogP contribution is 2.42. The number of hydrogen-bond donors (Lipinski definition) is 0. The molecule has 0 amide bonds. The van der Waals surface area contributed by atoms with Crippen LogP contribution < -0.4 is 0 Å². The molecule has 0 atom stereocenters. The Hall–Kier alpha value is -0.0800. The molecule has 0 aromatic carbocycles. The predicted molar refractivity (Wildman–Crippen MR) is 162 cm³/mol. The van der Waals surface area contributed by atoms with E-state index in [1.807, 2.05) is 0 Å². The first-order chi connectivity index (χ1) is 16.8. The lowest BCUT2D eigenvalue weighted by Gasteiger charge is -2.49. The molecule has 2 saturated heterocycles. The number of nitrogens with zero attached hydrogens (tertiary/aromatic N) is 2. The first-order valence-corrected chi connectivity index (χ1v) is 16.2. The van der Waals surface area contributed by atoms with Crippen molar-refractivity contribution >= 4 is 0 Å². The van der Waals surface area contributed by atoms with Gasteiger partial charge in [-0.3, -0.25) is 0 Å². The van der Waals surface area contributed by atoms with Gasteiger partial charge < -0.3 is 9.80 Å². The Kier molecular flexibility index (Phi) is 13.3. The van der Waals surface area contributed by atoms with Gasteiger partial charge in [-0.2, -0.15) is 0 Å². The van der Waals surface area contributed by atoms with Gasteiger partial charge in [0, 0.05) is 26.2 Å². The topological polar surface area (TPSA) is 6.48 Å². The fraction of sp³-hybridized carbons (Fsp3) is 1.00. The van der Waals surface area contributed by atoms with Gasteiger partial charge in [-0.1, -0.05) is 101 Å². The molecule has 0 aliphatic carbocycles. The predicted octanol–water partition coefficient (Wildman–Crippen LogP) is 9.68. The number of unbranched alkanes of at least 4 members (excludes halogenated alkanes) is 6. The van der Waals surface area contributed by atoms with E-state index in [0.717, 1.165) is 17.8 Å². The molecule has 36 heavy (non-hydrogen) atoms. The van der Waals surface area contributed by atoms with Crippen LogP contribution in [0.3, 0.4) is 0 Å². The minimum absolute atomic E-state index is 0.505. The van der Waals surface area contributed by atoms with Crippen LogP contribution in [-0.2, 0) is 0 Å². The van der Waals surface area contributed by atoms with Crippen molar-refractivity contribution in [1.82, 2.24) is 9.80 Å². The Bertz CT molecular complexity index is 572. The van der Waals surface area contributed by atoms with Gasteiger partial charge in [0.2, 0.25) is 0 Å². The van der Waals surface area contributed by atoms with E-state index in [0.29, 0.717) is 16.2 Å². The number of rotatable bonds is 19. The summed E-state index contributed by atoms with van der Waals surface area (Å²) in [6, 6.07) is 0. The second-order valence-corrected chi connectivity index (χ2v) is 16.3. The molecular weight excluding hydrogens is 436 g/mol. The van der Waals surface area contributed by atoms with Crippen molar-refractivity contribution in [1.29, 1.82) is 0 Å². The van der Waals surface area contributed by atoms with E-state index in [2.05, 4.69) is 72.1 Å². The molecule has 2 heteroatoms. The molecule has 2 fully saturated rings. The lowest BCUT2D eigenvalue weighted by atomic mass is 9.68. The third-order valence-corrected chi connectivity index (χ3v) is 9.58. The van der Waals surface area contributed by atoms with E-state index in [1.54, 1.807) is 0 Å². The zero-order valence-electron chi connectivity index (χ0n) is 26.6. The minimum atomic E-state index is 0.505. The van der Waals surface area contributed by atoms with Gasteiger partial charge in [-0.05, 0) is 92.0 Å². The maximum Gasteiger partial charge on any atom is 0.00271 e. The van der Waals surface area contributed by atoms with E-state index in [1.165, 1.54) is 123 Å². The van der Waals surface area contributed by atoms with E-state index in [9.17, 15) is 0 Å². The largest absolute Gasteiger partial charge is 0.303 e. The SMILES string of the molecule is CC(C)CC1CN(CCCCCC(C)(C)CCC(C)(C)C2CN(CCCCCCCC(C)(C)C)C2)C1. The standard InChI is InChI=1S/C34H68N2/c1-29(2)24-30-25-35(26-30)22-17-13-15-19-33(6,7)20-21-34(8,9)31-27-36(28-31)23-16-12-10-11-14-18-32(3,4)5/h29-31H,10-28H2,1-9H3. The van der Waals surface area contributed by atoms with Crippen molar-refractivity contribution in [3.63, 3.8) is 0 Å². The summed E-state index contributed by atoms with van der Waals surface area (Å²) in [5.74, 6) is 2.77. The maximum absolute atomic E-state index is 2.73. The molecule has 0 aromatic heterocycles. The fourth-order valence-corrected chi connectivity index (χ4v) is 6.55. The van der Waals surface area contributed by atoms with Crippen LogP contribution in [0.5, 0.6) is 0 Å². The van der Waals surface area contributed by atoms with Gasteiger partial charge in [0.05, 0.1) is 0 Å². The molecule has 0 aromatic rings. The van der Waals surface area contributed by atoms with Crippen molar-refractivity contribution < 1.29 is 0 Å². The third kappa shape index (κ3) is 13.1. The number of likely N-dealkylation sites (tertiary alicyclic amines) is 2. The molecule has 0 spiro atoms. The molecule has 0 unspecified atom stereocenters. The molecule has 214 valence electrons. The van der Waals surface area contributed by atoms with Crippen LogP contribution in [-0.4, -0.2) is 49.1 Å². The summed E-state index contributed by atoms with van der Waals surface area (Å²) < 4.78 is 0. The first kappa shape index (κ1) is 32.1. The molecular formula is C34H68N2. The normalized spacial score (nSPS) is 19.2. The molecule has 2 rings (SSSR count). The highest BCUT2D eigenvalue weighted by atomic mass is 15.2. The summed E-state index contributed by atoms with van der Waals surface area (Å²) in [7, 11) is 0. The Balaban J connectivity index is 1.46. The van der Waals surface area contributed by atoms with E-state index < -0.39 is 0 Å². The van der Waals surface area contributed by atoms with Crippen LogP contribution in [0.25, 0.3) is 0 Å². The first-order valence-electron chi connectivity index (χ1n) is 16.2. The second-order valence-electron chi connectivity index (χ2n) is 16.3. The zero-order chi connectivity index (χ0) is 26.8. The minimum Gasteiger partial charge on any atom is -0.303 e. The maximum atomic E-state index is 2.73. The molecule has 2 nitrogen and oxygen atoms in total. The van der Waals surface area contributed by atoms with Crippen LogP contribution in [0, 0.1) is 34.0 Å². The second kappa shape index (κ2) is 14.9. The fourth-order valence-electron chi connectivity index (χ4n) is 6.55. The lowest BCUT2D eigenvalue weighted by molar-refractivity contribution is 0.00361. The third-order valence-electron chi connectivity index (χ3n) is 9.58. The summed E-state index contributed by atoms with van der Waals surface area (Å²) in [5.41, 5.74) is 1.53. The average molecular weight is 505 g/mol. The van der Waals surface area contributed by atoms with Gasteiger partial charge in [0.25, 0.3) is 0 Å². The Labute approximate surface area is 228 Å². The van der Waals surface area contributed by atoms with Crippen molar-refractivity contribution in [2.45, 2.75) is 146 Å². The zero-order valence-corrected chi connectivity index (χ0v) is 26.6. The summed E-state index contributed by atoms with van der Waals surface area (Å²) in [4.78, 5) is 5.42. The highest BCUT2D eigenvalue weighted by molar-refractivity contribution is 4.91. The summed E-state index contributed by atoms with van der Waals surface area (Å²) in [6.45, 7) is 30.1. The van der Waals surface area contributed by atoms with E-state index in [4.69, 9.17) is 0 Å². The van der Waals surface area contributed by atoms with Crippen LogP contribution in [0.15, 0.2) is 0 Å². The highest BCUT2D eigenvalue weighted by Gasteiger charge is 2.39. The molecule has 2 aliphatic heterocycles. The van der Waals surface area contributed by atoms with E-state index in [-0.39, 0.29) is 0 Å². The Morgan fingerprint density at radius 3 is 1.67 bits per heavy atom.